The fourth-order valence-corrected chi connectivity index (χ4v) is 7.77. The van der Waals surface area contributed by atoms with Gasteiger partial charge in [0.1, 0.15) is 11.5 Å². The SMILES string of the molecule is CC1C(CN(C)C(C)c2ccc3ccccc3c2)OC(c2ccc(-c3cccc(CNC(=O)Nc4ccc(Oc5ccccc5)cc4)c3)cc2)OC1c1ccc(CO)cc1. The van der Waals surface area contributed by atoms with Gasteiger partial charge in [0.05, 0.1) is 18.8 Å². The Balaban J connectivity index is 0.926. The maximum atomic E-state index is 12.8. The van der Waals surface area contributed by atoms with Crippen LogP contribution >= 0.6 is 0 Å². The molecule has 0 saturated carbocycles. The molecule has 8 rings (SSSR count). The van der Waals surface area contributed by atoms with E-state index in [4.69, 9.17) is 14.2 Å². The molecule has 2 amide bonds. The molecule has 8 heteroatoms. The molecule has 1 saturated heterocycles. The van der Waals surface area contributed by atoms with E-state index in [1.165, 1.54) is 16.3 Å². The van der Waals surface area contributed by atoms with Gasteiger partial charge in [-0.25, -0.2) is 4.79 Å². The van der Waals surface area contributed by atoms with Crippen molar-refractivity contribution < 1.29 is 24.1 Å². The van der Waals surface area contributed by atoms with Crippen LogP contribution in [0.15, 0.2) is 170 Å². The number of carbonyl (C=O) groups is 1. The van der Waals surface area contributed by atoms with E-state index < -0.39 is 6.29 Å². The summed E-state index contributed by atoms with van der Waals surface area (Å²) in [6.45, 7) is 5.53. The number of urea groups is 1. The first-order valence-corrected chi connectivity index (χ1v) is 20.6. The van der Waals surface area contributed by atoms with Crippen LogP contribution in [0.2, 0.25) is 0 Å². The number of aliphatic hydroxyl groups excluding tert-OH is 1. The normalized spacial score (nSPS) is 18.2. The van der Waals surface area contributed by atoms with Crippen LogP contribution < -0.4 is 15.4 Å². The quantitative estimate of drug-likeness (QED) is 0.108. The number of rotatable bonds is 13. The van der Waals surface area contributed by atoms with Gasteiger partial charge in [-0.1, -0.05) is 128 Å². The second-order valence-electron chi connectivity index (χ2n) is 15.6. The monoisotopic (exact) mass is 797 g/mol. The van der Waals surface area contributed by atoms with Crippen molar-refractivity contribution in [1.29, 1.82) is 0 Å². The number of fused-ring (bicyclic) bond motifs is 1. The minimum Gasteiger partial charge on any atom is -0.457 e. The van der Waals surface area contributed by atoms with E-state index in [2.05, 4.69) is 127 Å². The second kappa shape index (κ2) is 18.7. The van der Waals surface area contributed by atoms with Crippen molar-refractivity contribution in [3.63, 3.8) is 0 Å². The topological polar surface area (TPSA) is 92.3 Å². The first kappa shape index (κ1) is 40.5. The predicted molar refractivity (Wildman–Crippen MR) is 239 cm³/mol. The number of nitrogens with zero attached hydrogens (tertiary/aromatic N) is 1. The minimum atomic E-state index is -0.575. The highest BCUT2D eigenvalue weighted by Crippen LogP contribution is 2.42. The molecule has 1 heterocycles. The highest BCUT2D eigenvalue weighted by atomic mass is 16.7. The third-order valence-corrected chi connectivity index (χ3v) is 11.5. The van der Waals surface area contributed by atoms with Crippen molar-refractivity contribution in [3.8, 4) is 22.6 Å². The lowest BCUT2D eigenvalue weighted by Gasteiger charge is -2.43. The lowest BCUT2D eigenvalue weighted by atomic mass is 9.89. The van der Waals surface area contributed by atoms with Gasteiger partial charge in [-0.05, 0) is 107 Å². The molecular formula is C52H51N3O5. The van der Waals surface area contributed by atoms with Gasteiger partial charge in [-0.15, -0.1) is 0 Å². The second-order valence-corrected chi connectivity index (χ2v) is 15.6. The highest BCUT2D eigenvalue weighted by molar-refractivity contribution is 5.89. The summed E-state index contributed by atoms with van der Waals surface area (Å²) in [4.78, 5) is 15.2. The standard InChI is InChI=1S/C52H51N3O5/c1-35-49(33-55(3)36(2)43-25-22-39-11-7-8-12-45(39)31-43)59-51(60-50(35)41-18-16-37(34-56)17-19-41)42-23-20-40(21-24-42)44-13-9-10-38(30-44)32-53-52(57)54-46-26-28-48(29-27-46)58-47-14-5-4-6-15-47/h4-31,35-36,49-51,56H,32-34H2,1-3H3,(H2,53,54,57). The zero-order valence-corrected chi connectivity index (χ0v) is 34.2. The van der Waals surface area contributed by atoms with E-state index in [0.29, 0.717) is 24.5 Å². The van der Waals surface area contributed by atoms with Crippen molar-refractivity contribution in [3.05, 3.63) is 198 Å². The molecule has 5 atom stereocenters. The third kappa shape index (κ3) is 9.76. The Morgan fingerprint density at radius 2 is 1.40 bits per heavy atom. The van der Waals surface area contributed by atoms with Gasteiger partial charge >= 0.3 is 6.03 Å². The van der Waals surface area contributed by atoms with Crippen LogP contribution in [0, 0.1) is 5.92 Å². The van der Waals surface area contributed by atoms with Crippen molar-refractivity contribution in [2.24, 2.45) is 5.92 Å². The molecule has 5 unspecified atom stereocenters. The molecule has 1 aliphatic heterocycles. The van der Waals surface area contributed by atoms with Crippen LogP contribution in [-0.2, 0) is 22.6 Å². The molecule has 7 aromatic carbocycles. The highest BCUT2D eigenvalue weighted by Gasteiger charge is 2.39. The fraction of sp³-hybridized carbons (Fsp3) is 0.212. The number of hydrogen-bond donors (Lipinski definition) is 3. The van der Waals surface area contributed by atoms with Crippen LogP contribution in [0.4, 0.5) is 10.5 Å². The van der Waals surface area contributed by atoms with Crippen molar-refractivity contribution in [1.82, 2.24) is 10.2 Å². The minimum absolute atomic E-state index is 0.00408. The summed E-state index contributed by atoms with van der Waals surface area (Å²) in [6.07, 6.45) is -0.901. The van der Waals surface area contributed by atoms with Gasteiger partial charge in [-0.3, -0.25) is 4.90 Å². The molecule has 8 nitrogen and oxygen atoms in total. The fourth-order valence-electron chi connectivity index (χ4n) is 7.77. The molecule has 0 radical (unpaired) electrons. The number of hydrogen-bond acceptors (Lipinski definition) is 6. The number of carbonyl (C=O) groups excluding carboxylic acids is 1. The molecule has 7 aromatic rings. The summed E-state index contributed by atoms with van der Waals surface area (Å²) in [6, 6.07) is 56.5. The summed E-state index contributed by atoms with van der Waals surface area (Å²) >= 11 is 0. The van der Waals surface area contributed by atoms with Gasteiger partial charge in [0.2, 0.25) is 0 Å². The van der Waals surface area contributed by atoms with Crippen LogP contribution in [0.5, 0.6) is 11.5 Å². The molecule has 0 aliphatic carbocycles. The summed E-state index contributed by atoms with van der Waals surface area (Å²) < 4.78 is 19.5. The third-order valence-electron chi connectivity index (χ3n) is 11.5. The van der Waals surface area contributed by atoms with Crippen LogP contribution in [0.25, 0.3) is 21.9 Å². The summed E-state index contributed by atoms with van der Waals surface area (Å²) in [5.74, 6) is 1.50. The predicted octanol–water partition coefficient (Wildman–Crippen LogP) is 11.6. The van der Waals surface area contributed by atoms with E-state index in [9.17, 15) is 9.90 Å². The zero-order valence-electron chi connectivity index (χ0n) is 34.2. The van der Waals surface area contributed by atoms with Gasteiger partial charge < -0.3 is 30.0 Å². The molecule has 0 bridgehead atoms. The average molecular weight is 798 g/mol. The number of ether oxygens (including phenoxy) is 3. The largest absolute Gasteiger partial charge is 0.457 e. The number of aliphatic hydroxyl groups is 1. The Morgan fingerprint density at radius 1 is 0.700 bits per heavy atom. The lowest BCUT2D eigenvalue weighted by Crippen LogP contribution is -2.44. The van der Waals surface area contributed by atoms with Crippen LogP contribution in [0.3, 0.4) is 0 Å². The van der Waals surface area contributed by atoms with Crippen molar-refractivity contribution in [2.75, 3.05) is 18.9 Å². The Bertz CT molecular complexity index is 2490. The summed E-state index contributed by atoms with van der Waals surface area (Å²) in [7, 11) is 2.16. The Hall–Kier alpha value is -6.29. The summed E-state index contributed by atoms with van der Waals surface area (Å²) in [5, 5.41) is 18.0. The number of nitrogens with one attached hydrogen (secondary N) is 2. The number of para-hydroxylation sites is 1. The Kier molecular flexibility index (Phi) is 12.6. The van der Waals surface area contributed by atoms with Crippen molar-refractivity contribution >= 4 is 22.5 Å². The van der Waals surface area contributed by atoms with E-state index >= 15 is 0 Å². The molecule has 60 heavy (non-hydrogen) atoms. The number of likely N-dealkylation sites (N-methyl/N-ethyl adjacent to an activating group) is 1. The lowest BCUT2D eigenvalue weighted by molar-refractivity contribution is -0.276. The maximum absolute atomic E-state index is 12.8. The smallest absolute Gasteiger partial charge is 0.319 e. The molecule has 3 N–H and O–H groups in total. The Morgan fingerprint density at radius 3 is 2.15 bits per heavy atom. The number of amides is 2. The molecule has 1 fully saturated rings. The van der Waals surface area contributed by atoms with E-state index in [1.807, 2.05) is 78.9 Å². The molecule has 1 aliphatic rings. The van der Waals surface area contributed by atoms with Crippen LogP contribution in [0.1, 0.15) is 60.1 Å². The van der Waals surface area contributed by atoms with Gasteiger partial charge in [-0.2, -0.15) is 0 Å². The van der Waals surface area contributed by atoms with Crippen LogP contribution in [-0.4, -0.2) is 35.7 Å². The van der Waals surface area contributed by atoms with E-state index in [1.54, 1.807) is 0 Å². The first-order chi connectivity index (χ1) is 29.3. The number of anilines is 1. The van der Waals surface area contributed by atoms with E-state index in [0.717, 1.165) is 39.1 Å². The van der Waals surface area contributed by atoms with E-state index in [-0.39, 0.29) is 36.8 Å². The summed E-state index contributed by atoms with van der Waals surface area (Å²) in [5.41, 5.74) is 7.86. The maximum Gasteiger partial charge on any atom is 0.319 e. The Labute approximate surface area is 352 Å². The van der Waals surface area contributed by atoms with Gasteiger partial charge in [0, 0.05) is 36.3 Å². The molecule has 0 aromatic heterocycles. The van der Waals surface area contributed by atoms with Crippen molar-refractivity contribution in [2.45, 2.75) is 51.5 Å². The number of benzene rings is 7. The average Bonchev–Trinajstić information content (AvgIpc) is 3.29. The van der Waals surface area contributed by atoms with Gasteiger partial charge in [0.15, 0.2) is 6.29 Å². The van der Waals surface area contributed by atoms with Gasteiger partial charge in [0.25, 0.3) is 0 Å². The zero-order chi connectivity index (χ0) is 41.4. The molecular weight excluding hydrogens is 747 g/mol. The molecule has 0 spiro atoms. The molecule has 304 valence electrons. The first-order valence-electron chi connectivity index (χ1n) is 20.6.